The molecule has 212 valence electrons. The zero-order chi connectivity index (χ0) is 27.0. The molecule has 0 saturated heterocycles. The molecule has 8 heteroatoms. The first-order valence-electron chi connectivity index (χ1n) is 14.6. The second kappa shape index (κ2) is 22.9. The van der Waals surface area contributed by atoms with E-state index in [2.05, 4.69) is 12.2 Å². The van der Waals surface area contributed by atoms with Gasteiger partial charge in [0.25, 0.3) is 11.8 Å². The largest absolute Gasteiger partial charge is 0.463 e. The molecule has 0 spiro atoms. The van der Waals surface area contributed by atoms with E-state index in [1.54, 1.807) is 0 Å². The predicted molar refractivity (Wildman–Crippen MR) is 145 cm³/mol. The van der Waals surface area contributed by atoms with Crippen molar-refractivity contribution in [2.75, 3.05) is 32.9 Å². The summed E-state index contributed by atoms with van der Waals surface area (Å²) in [6, 6.07) is 0. The number of unbranched alkanes of at least 4 members (excludes halogenated alkanes) is 14. The molecule has 0 aliphatic carbocycles. The molecular formula is C29H50N2O6. The molecule has 0 unspecified atom stereocenters. The normalized spacial score (nSPS) is 12.9. The van der Waals surface area contributed by atoms with Crippen LogP contribution in [0, 0.1) is 0 Å². The summed E-state index contributed by atoms with van der Waals surface area (Å²) in [6.07, 6.45) is 22.4. The first kappa shape index (κ1) is 32.8. The smallest absolute Gasteiger partial charge is 0.305 e. The maximum atomic E-state index is 11.8. The number of rotatable bonds is 25. The van der Waals surface area contributed by atoms with Gasteiger partial charge in [0.1, 0.15) is 6.61 Å². The SMILES string of the molecule is CCCCCCCCCCCCCCCCCC(=O)OCCOCCNC(=O)CCN1C(=O)C=CC1=O. The maximum Gasteiger partial charge on any atom is 0.305 e. The molecule has 0 bridgehead atoms. The van der Waals surface area contributed by atoms with Crippen molar-refractivity contribution in [3.63, 3.8) is 0 Å². The topological polar surface area (TPSA) is 102 Å². The third-order valence-corrected chi connectivity index (χ3v) is 6.51. The maximum absolute atomic E-state index is 11.8. The van der Waals surface area contributed by atoms with Crippen molar-refractivity contribution in [1.82, 2.24) is 10.2 Å². The fourth-order valence-electron chi connectivity index (χ4n) is 4.25. The summed E-state index contributed by atoms with van der Waals surface area (Å²) >= 11 is 0. The molecule has 1 N–H and O–H groups in total. The molecule has 0 aromatic rings. The summed E-state index contributed by atoms with van der Waals surface area (Å²) in [7, 11) is 0. The number of hydrogen-bond donors (Lipinski definition) is 1. The first-order valence-corrected chi connectivity index (χ1v) is 14.6. The molecule has 1 aliphatic rings. The van der Waals surface area contributed by atoms with E-state index < -0.39 is 11.8 Å². The summed E-state index contributed by atoms with van der Waals surface area (Å²) in [6.45, 7) is 3.42. The van der Waals surface area contributed by atoms with Gasteiger partial charge in [-0.15, -0.1) is 0 Å². The molecule has 0 saturated carbocycles. The predicted octanol–water partition coefficient (Wildman–Crippen LogP) is 5.24. The van der Waals surface area contributed by atoms with Gasteiger partial charge in [0.05, 0.1) is 13.2 Å². The summed E-state index contributed by atoms with van der Waals surface area (Å²) in [4.78, 5) is 47.4. The van der Waals surface area contributed by atoms with Gasteiger partial charge in [-0.2, -0.15) is 0 Å². The molecule has 3 amide bonds. The molecule has 37 heavy (non-hydrogen) atoms. The Bertz CT molecular complexity index is 661. The second-order valence-corrected chi connectivity index (χ2v) is 9.79. The number of carbonyl (C=O) groups excluding carboxylic acids is 4. The Kier molecular flexibility index (Phi) is 20.3. The third kappa shape index (κ3) is 18.6. The van der Waals surface area contributed by atoms with E-state index in [0.717, 1.165) is 17.7 Å². The average Bonchev–Trinajstić information content (AvgIpc) is 3.21. The van der Waals surface area contributed by atoms with Gasteiger partial charge in [0.2, 0.25) is 5.91 Å². The lowest BCUT2D eigenvalue weighted by Crippen LogP contribution is -2.35. The van der Waals surface area contributed by atoms with E-state index in [1.807, 2.05) is 0 Å². The van der Waals surface area contributed by atoms with Gasteiger partial charge in [-0.1, -0.05) is 96.8 Å². The monoisotopic (exact) mass is 522 g/mol. The quantitative estimate of drug-likeness (QED) is 0.0999. The van der Waals surface area contributed by atoms with Crippen molar-refractivity contribution in [3.8, 4) is 0 Å². The Labute approximate surface area is 223 Å². The third-order valence-electron chi connectivity index (χ3n) is 6.51. The molecule has 1 heterocycles. The van der Waals surface area contributed by atoms with Crippen LogP contribution in [0.15, 0.2) is 12.2 Å². The highest BCUT2D eigenvalue weighted by atomic mass is 16.6. The summed E-state index contributed by atoms with van der Waals surface area (Å²) < 4.78 is 10.5. The number of carbonyl (C=O) groups is 4. The van der Waals surface area contributed by atoms with Crippen LogP contribution >= 0.6 is 0 Å². The summed E-state index contributed by atoms with van der Waals surface area (Å²) in [5.41, 5.74) is 0. The lowest BCUT2D eigenvalue weighted by Gasteiger charge is -2.13. The van der Waals surface area contributed by atoms with Crippen molar-refractivity contribution < 1.29 is 28.7 Å². The Balaban J connectivity index is 1.78. The minimum atomic E-state index is -0.393. The number of amides is 3. The van der Waals surface area contributed by atoms with Crippen LogP contribution in [-0.2, 0) is 28.7 Å². The molecule has 8 nitrogen and oxygen atoms in total. The molecule has 0 aromatic carbocycles. The zero-order valence-corrected chi connectivity index (χ0v) is 23.1. The van der Waals surface area contributed by atoms with Crippen LogP contribution in [-0.4, -0.2) is 61.5 Å². The van der Waals surface area contributed by atoms with Crippen molar-refractivity contribution in [3.05, 3.63) is 12.2 Å². The number of hydrogen-bond acceptors (Lipinski definition) is 6. The van der Waals surface area contributed by atoms with Crippen LogP contribution in [0.5, 0.6) is 0 Å². The van der Waals surface area contributed by atoms with Crippen LogP contribution in [0.4, 0.5) is 0 Å². The highest BCUT2D eigenvalue weighted by Crippen LogP contribution is 2.13. The van der Waals surface area contributed by atoms with Crippen LogP contribution in [0.25, 0.3) is 0 Å². The van der Waals surface area contributed by atoms with Crippen molar-refractivity contribution >= 4 is 23.7 Å². The van der Waals surface area contributed by atoms with Crippen LogP contribution in [0.3, 0.4) is 0 Å². The van der Waals surface area contributed by atoms with Gasteiger partial charge < -0.3 is 14.8 Å². The Hall–Kier alpha value is -2.22. The Morgan fingerprint density at radius 2 is 1.22 bits per heavy atom. The lowest BCUT2D eigenvalue weighted by atomic mass is 10.0. The number of nitrogens with zero attached hydrogens (tertiary/aromatic N) is 1. The minimum absolute atomic E-state index is 0.0517. The van der Waals surface area contributed by atoms with Gasteiger partial charge >= 0.3 is 5.97 Å². The molecule has 1 aliphatic heterocycles. The standard InChI is InChI=1S/C29H50N2O6/c1-2-3-4-5-6-7-8-9-10-11-12-13-14-15-16-17-29(35)37-25-24-36-23-21-30-26(32)20-22-31-27(33)18-19-28(31)34/h18-19H,2-17,20-25H2,1H3,(H,30,32). The number of imide groups is 1. The van der Waals surface area contributed by atoms with Gasteiger partial charge in [0, 0.05) is 38.1 Å². The fourth-order valence-corrected chi connectivity index (χ4v) is 4.25. The van der Waals surface area contributed by atoms with Gasteiger partial charge in [-0.25, -0.2) is 0 Å². The molecule has 1 rings (SSSR count). The second-order valence-electron chi connectivity index (χ2n) is 9.79. The molecule has 0 atom stereocenters. The van der Waals surface area contributed by atoms with E-state index in [9.17, 15) is 19.2 Å². The molecular weight excluding hydrogens is 472 g/mol. The van der Waals surface area contributed by atoms with Crippen molar-refractivity contribution in [1.29, 1.82) is 0 Å². The Morgan fingerprint density at radius 1 is 0.703 bits per heavy atom. The van der Waals surface area contributed by atoms with Crippen LogP contribution < -0.4 is 5.32 Å². The van der Waals surface area contributed by atoms with E-state index >= 15 is 0 Å². The average molecular weight is 523 g/mol. The molecule has 0 aromatic heterocycles. The highest BCUT2D eigenvalue weighted by Gasteiger charge is 2.23. The molecule has 0 radical (unpaired) electrons. The van der Waals surface area contributed by atoms with Gasteiger partial charge in [-0.05, 0) is 6.42 Å². The summed E-state index contributed by atoms with van der Waals surface area (Å²) in [5, 5.41) is 2.67. The Morgan fingerprint density at radius 3 is 1.76 bits per heavy atom. The van der Waals surface area contributed by atoms with Crippen molar-refractivity contribution in [2.45, 2.75) is 116 Å². The number of ether oxygens (including phenoxy) is 2. The number of nitrogens with one attached hydrogen (secondary N) is 1. The fraction of sp³-hybridized carbons (Fsp3) is 0.793. The van der Waals surface area contributed by atoms with Gasteiger partial charge in [0.15, 0.2) is 0 Å². The summed E-state index contributed by atoms with van der Waals surface area (Å²) in [5.74, 6) is -1.23. The van der Waals surface area contributed by atoms with E-state index in [-0.39, 0.29) is 38.1 Å². The number of esters is 1. The first-order chi connectivity index (χ1) is 18.0. The van der Waals surface area contributed by atoms with Gasteiger partial charge in [-0.3, -0.25) is 24.1 Å². The van der Waals surface area contributed by atoms with Crippen molar-refractivity contribution in [2.24, 2.45) is 0 Å². The highest BCUT2D eigenvalue weighted by molar-refractivity contribution is 6.13. The van der Waals surface area contributed by atoms with E-state index in [4.69, 9.17) is 9.47 Å². The zero-order valence-electron chi connectivity index (χ0n) is 23.1. The van der Waals surface area contributed by atoms with Crippen LogP contribution in [0.1, 0.15) is 116 Å². The van der Waals surface area contributed by atoms with E-state index in [0.29, 0.717) is 19.6 Å². The lowest BCUT2D eigenvalue weighted by molar-refractivity contribution is -0.145. The van der Waals surface area contributed by atoms with Crippen LogP contribution in [0.2, 0.25) is 0 Å². The van der Waals surface area contributed by atoms with E-state index in [1.165, 1.54) is 95.6 Å². The minimum Gasteiger partial charge on any atom is -0.463 e. The molecule has 0 fully saturated rings.